The number of rotatable bonds is 9. The van der Waals surface area contributed by atoms with Gasteiger partial charge in [-0.3, -0.25) is 14.4 Å². The number of hydrogen-bond acceptors (Lipinski definition) is 7. The van der Waals surface area contributed by atoms with Gasteiger partial charge >= 0.3 is 0 Å². The number of nitrogens with zero attached hydrogens (tertiary/aromatic N) is 6. The van der Waals surface area contributed by atoms with Crippen LogP contribution in [0.1, 0.15) is 51.5 Å². The van der Waals surface area contributed by atoms with Gasteiger partial charge in [0, 0.05) is 73.6 Å². The maximum absolute atomic E-state index is 14.8. The molecule has 2 aliphatic heterocycles. The minimum absolute atomic E-state index is 0.0165. The molecule has 0 radical (unpaired) electrons. The summed E-state index contributed by atoms with van der Waals surface area (Å²) in [7, 11) is 0. The molecule has 2 aliphatic rings. The van der Waals surface area contributed by atoms with Crippen LogP contribution >= 0.6 is 0 Å². The van der Waals surface area contributed by atoms with Crippen molar-refractivity contribution < 1.29 is 18.8 Å². The predicted molar refractivity (Wildman–Crippen MR) is 171 cm³/mol. The van der Waals surface area contributed by atoms with Gasteiger partial charge in [0.2, 0.25) is 5.91 Å². The van der Waals surface area contributed by atoms with Crippen molar-refractivity contribution in [1.29, 1.82) is 0 Å². The summed E-state index contributed by atoms with van der Waals surface area (Å²) in [6.07, 6.45) is 7.85. The Balaban J connectivity index is 1.09. The van der Waals surface area contributed by atoms with Crippen molar-refractivity contribution >= 4 is 34.2 Å². The molecule has 46 heavy (non-hydrogen) atoms. The lowest BCUT2D eigenvalue weighted by Gasteiger charge is -2.24. The minimum atomic E-state index is -1.28. The summed E-state index contributed by atoms with van der Waals surface area (Å²) in [5.74, 6) is 0.230. The zero-order valence-corrected chi connectivity index (χ0v) is 25.5. The molecule has 2 atom stereocenters. The van der Waals surface area contributed by atoms with Crippen LogP contribution in [0.2, 0.25) is 0 Å². The second kappa shape index (κ2) is 12.3. The lowest BCUT2D eigenvalue weighted by atomic mass is 9.96. The Kier molecular flexibility index (Phi) is 7.86. The predicted octanol–water partition coefficient (Wildman–Crippen LogP) is 4.89. The Labute approximate surface area is 265 Å². The number of aromatic nitrogens is 4. The number of Topliss-reactive ketones (excluding diaryl/α,β-unsaturated/α-hetero) is 2. The fraction of sp³-hybridized carbons (Fsp3) is 0.278. The maximum Gasteiger partial charge on any atom is 0.243 e. The van der Waals surface area contributed by atoms with Crippen molar-refractivity contribution in [2.45, 2.75) is 58.0 Å². The molecule has 232 valence electrons. The third kappa shape index (κ3) is 5.78. The van der Waals surface area contributed by atoms with Gasteiger partial charge in [0.1, 0.15) is 24.9 Å². The van der Waals surface area contributed by atoms with Crippen molar-refractivity contribution in [2.24, 2.45) is 0 Å². The van der Waals surface area contributed by atoms with Crippen molar-refractivity contribution in [3.8, 4) is 0 Å². The van der Waals surface area contributed by atoms with E-state index in [1.54, 1.807) is 29.4 Å². The highest BCUT2D eigenvalue weighted by molar-refractivity contribution is 6.07. The number of likely N-dealkylation sites (tertiary alicyclic amines) is 1. The van der Waals surface area contributed by atoms with E-state index in [1.165, 1.54) is 18.2 Å². The van der Waals surface area contributed by atoms with E-state index in [0.717, 1.165) is 44.5 Å². The molecule has 5 aromatic rings. The summed E-state index contributed by atoms with van der Waals surface area (Å²) in [6.45, 7) is 2.60. The van der Waals surface area contributed by atoms with Crippen LogP contribution in [0.5, 0.6) is 0 Å². The molecular formula is C36H33FN6O3. The van der Waals surface area contributed by atoms with Crippen LogP contribution in [0.15, 0.2) is 85.7 Å². The molecule has 2 aromatic carbocycles. The van der Waals surface area contributed by atoms with E-state index in [1.807, 2.05) is 48.5 Å². The molecule has 0 bridgehead atoms. The molecule has 0 spiro atoms. The molecule has 0 unspecified atom stereocenters. The van der Waals surface area contributed by atoms with Crippen LogP contribution in [-0.4, -0.2) is 60.7 Å². The normalized spacial score (nSPS) is 17.4. The molecule has 9 nitrogen and oxygen atoms in total. The zero-order valence-electron chi connectivity index (χ0n) is 25.5. The second-order valence-electron chi connectivity index (χ2n) is 12.1. The number of alkyl halides is 1. The summed E-state index contributed by atoms with van der Waals surface area (Å²) in [5.41, 5.74) is 6.28. The van der Waals surface area contributed by atoms with E-state index in [4.69, 9.17) is 0 Å². The summed E-state index contributed by atoms with van der Waals surface area (Å²) < 4.78 is 16.6. The Hall–Kier alpha value is -5.25. The van der Waals surface area contributed by atoms with Gasteiger partial charge in [-0.15, -0.1) is 0 Å². The maximum atomic E-state index is 14.8. The van der Waals surface area contributed by atoms with E-state index < -0.39 is 12.2 Å². The number of anilines is 1. The largest absolute Gasteiger partial charge is 0.348 e. The Morgan fingerprint density at radius 2 is 1.83 bits per heavy atom. The number of ketones is 2. The average molecular weight is 617 g/mol. The van der Waals surface area contributed by atoms with E-state index >= 15 is 0 Å². The quantitative estimate of drug-likeness (QED) is 0.217. The topological polar surface area (TPSA) is 101 Å². The first-order chi connectivity index (χ1) is 22.3. The lowest BCUT2D eigenvalue weighted by Crippen LogP contribution is -2.42. The van der Waals surface area contributed by atoms with Gasteiger partial charge in [-0.1, -0.05) is 30.3 Å². The standard InChI is InChI=1S/C36H33FN6O3/c1-23(44)30-19-41(32-9-8-24(12-29(30)32)11-25-15-38-22-39-16-25)21-36(46)43-18-28(37)14-33(43)34(45)13-26-5-4-6-27-17-42(20-31(26)27)35-7-2-3-10-40-35/h2-10,12,15-16,19,22,28,33H,11,13-14,17-18,20-21H2,1H3/t28-,33+/m1/s1. The molecule has 1 saturated heterocycles. The number of pyridine rings is 1. The van der Waals surface area contributed by atoms with Gasteiger partial charge in [-0.2, -0.15) is 0 Å². The van der Waals surface area contributed by atoms with Crippen LogP contribution in [-0.2, 0) is 42.1 Å². The number of halogens is 1. The molecule has 5 heterocycles. The second-order valence-corrected chi connectivity index (χ2v) is 12.1. The fourth-order valence-electron chi connectivity index (χ4n) is 6.79. The third-order valence-electron chi connectivity index (χ3n) is 9.01. The molecule has 0 N–H and O–H groups in total. The summed E-state index contributed by atoms with van der Waals surface area (Å²) in [5, 5.41) is 0.741. The Morgan fingerprint density at radius 3 is 2.61 bits per heavy atom. The van der Waals surface area contributed by atoms with Gasteiger partial charge < -0.3 is 14.4 Å². The number of carbonyl (C=O) groups excluding carboxylic acids is 3. The van der Waals surface area contributed by atoms with Gasteiger partial charge in [-0.05, 0) is 59.0 Å². The summed E-state index contributed by atoms with van der Waals surface area (Å²) in [6, 6.07) is 16.7. The number of hydrogen-bond donors (Lipinski definition) is 0. The van der Waals surface area contributed by atoms with Gasteiger partial charge in [0.15, 0.2) is 11.6 Å². The van der Waals surface area contributed by atoms with Crippen molar-refractivity contribution in [3.63, 3.8) is 0 Å². The molecule has 3 aromatic heterocycles. The number of benzene rings is 2. The van der Waals surface area contributed by atoms with Crippen LogP contribution in [0.3, 0.4) is 0 Å². The minimum Gasteiger partial charge on any atom is -0.348 e. The van der Waals surface area contributed by atoms with Crippen molar-refractivity contribution in [1.82, 2.24) is 24.4 Å². The average Bonchev–Trinajstić information content (AvgIpc) is 3.78. The van der Waals surface area contributed by atoms with Gasteiger partial charge in [0.25, 0.3) is 0 Å². The Morgan fingerprint density at radius 1 is 0.978 bits per heavy atom. The van der Waals surface area contributed by atoms with Crippen LogP contribution < -0.4 is 4.90 Å². The highest BCUT2D eigenvalue weighted by Crippen LogP contribution is 2.31. The first kappa shape index (κ1) is 29.5. The van der Waals surface area contributed by atoms with E-state index in [-0.39, 0.29) is 43.4 Å². The van der Waals surface area contributed by atoms with E-state index in [0.29, 0.717) is 25.1 Å². The van der Waals surface area contributed by atoms with Gasteiger partial charge in [-0.25, -0.2) is 19.3 Å². The molecule has 1 amide bonds. The smallest absolute Gasteiger partial charge is 0.243 e. The highest BCUT2D eigenvalue weighted by Gasteiger charge is 2.40. The zero-order chi connectivity index (χ0) is 31.8. The first-order valence-corrected chi connectivity index (χ1v) is 15.4. The summed E-state index contributed by atoms with van der Waals surface area (Å²) >= 11 is 0. The lowest BCUT2D eigenvalue weighted by molar-refractivity contribution is -0.137. The monoisotopic (exact) mass is 616 g/mol. The Bertz CT molecular complexity index is 1940. The number of carbonyl (C=O) groups is 3. The molecule has 0 saturated carbocycles. The summed E-state index contributed by atoms with van der Waals surface area (Å²) in [4.78, 5) is 56.2. The van der Waals surface area contributed by atoms with E-state index in [2.05, 4.69) is 25.9 Å². The van der Waals surface area contributed by atoms with Crippen LogP contribution in [0, 0.1) is 0 Å². The number of amides is 1. The first-order valence-electron chi connectivity index (χ1n) is 15.4. The van der Waals surface area contributed by atoms with Crippen molar-refractivity contribution in [2.75, 3.05) is 11.4 Å². The highest BCUT2D eigenvalue weighted by atomic mass is 19.1. The van der Waals surface area contributed by atoms with Crippen LogP contribution in [0.25, 0.3) is 10.9 Å². The SMILES string of the molecule is CC(=O)c1cn(CC(=O)N2C[C@H](F)C[C@H]2C(=O)Cc2cccc3c2CN(c2ccccn2)C3)c2ccc(Cc3cncnc3)cc12. The number of fused-ring (bicyclic) bond motifs is 2. The molecular weight excluding hydrogens is 583 g/mol. The van der Waals surface area contributed by atoms with E-state index in [9.17, 15) is 18.8 Å². The fourth-order valence-corrected chi connectivity index (χ4v) is 6.79. The molecule has 7 rings (SSSR count). The third-order valence-corrected chi connectivity index (χ3v) is 9.01. The molecule has 10 heteroatoms. The molecule has 0 aliphatic carbocycles. The van der Waals surface area contributed by atoms with Crippen molar-refractivity contribution in [3.05, 3.63) is 119 Å². The molecule has 1 fully saturated rings. The van der Waals surface area contributed by atoms with Gasteiger partial charge in [0.05, 0.1) is 12.6 Å². The van der Waals surface area contributed by atoms with Crippen LogP contribution in [0.4, 0.5) is 10.2 Å².